The molecule has 116 valence electrons. The van der Waals surface area contributed by atoms with Crippen molar-refractivity contribution in [2.24, 2.45) is 5.73 Å². The third-order valence-corrected chi connectivity index (χ3v) is 3.82. The Labute approximate surface area is 122 Å². The summed E-state index contributed by atoms with van der Waals surface area (Å²) < 4.78 is 29.2. The second kappa shape index (κ2) is 6.39. The first-order valence-corrected chi connectivity index (χ1v) is 7.02. The summed E-state index contributed by atoms with van der Waals surface area (Å²) >= 11 is 0. The quantitative estimate of drug-likeness (QED) is 0.878. The molecule has 1 aliphatic rings. The number of nitrogens with one attached hydrogen (secondary N) is 1. The highest BCUT2D eigenvalue weighted by molar-refractivity contribution is 5.86. The minimum absolute atomic E-state index is 0.0772. The van der Waals surface area contributed by atoms with Crippen molar-refractivity contribution >= 4 is 5.91 Å². The predicted octanol–water partition coefficient (Wildman–Crippen LogP) is 2.48. The van der Waals surface area contributed by atoms with Crippen LogP contribution in [0, 0.1) is 6.92 Å². The minimum Gasteiger partial charge on any atom is -0.434 e. The van der Waals surface area contributed by atoms with Gasteiger partial charge in [0, 0.05) is 12.1 Å². The van der Waals surface area contributed by atoms with Crippen molar-refractivity contribution < 1.29 is 18.3 Å². The van der Waals surface area contributed by atoms with Crippen molar-refractivity contribution in [3.8, 4) is 5.75 Å². The maximum absolute atomic E-state index is 12.4. The summed E-state index contributed by atoms with van der Waals surface area (Å²) in [5.41, 5.74) is 6.65. The van der Waals surface area contributed by atoms with Gasteiger partial charge in [-0.3, -0.25) is 4.79 Å². The number of carbonyl (C=O) groups is 1. The van der Waals surface area contributed by atoms with Crippen LogP contribution < -0.4 is 15.8 Å². The van der Waals surface area contributed by atoms with Crippen molar-refractivity contribution in [1.29, 1.82) is 0 Å². The van der Waals surface area contributed by atoms with E-state index in [0.29, 0.717) is 18.4 Å². The molecule has 0 bridgehead atoms. The van der Waals surface area contributed by atoms with Gasteiger partial charge in [0.1, 0.15) is 5.75 Å². The third kappa shape index (κ3) is 3.91. The van der Waals surface area contributed by atoms with Crippen LogP contribution in [0.1, 0.15) is 36.8 Å². The molecule has 1 aromatic carbocycles. The molecule has 0 saturated heterocycles. The fraction of sp³-hybridized carbons (Fsp3) is 0.533. The molecule has 0 unspecified atom stereocenters. The molecular formula is C15H20F2N2O2. The minimum atomic E-state index is -2.89. The first kappa shape index (κ1) is 15.7. The van der Waals surface area contributed by atoms with E-state index < -0.39 is 12.2 Å². The molecule has 1 aliphatic carbocycles. The number of ether oxygens (including phenoxy) is 1. The summed E-state index contributed by atoms with van der Waals surface area (Å²) in [6.45, 7) is -0.918. The molecule has 1 aromatic rings. The molecule has 0 aliphatic heterocycles. The van der Waals surface area contributed by atoms with Crippen LogP contribution in [-0.4, -0.2) is 18.1 Å². The average molecular weight is 298 g/mol. The molecule has 21 heavy (non-hydrogen) atoms. The van der Waals surface area contributed by atoms with E-state index in [-0.39, 0.29) is 18.2 Å². The molecule has 6 heteroatoms. The number of amides is 1. The maximum Gasteiger partial charge on any atom is 0.387 e. The van der Waals surface area contributed by atoms with Gasteiger partial charge in [-0.2, -0.15) is 8.78 Å². The normalized spacial score (nSPS) is 17.0. The van der Waals surface area contributed by atoms with E-state index in [0.717, 1.165) is 18.4 Å². The smallest absolute Gasteiger partial charge is 0.387 e. The zero-order valence-electron chi connectivity index (χ0n) is 12.0. The number of benzene rings is 1. The summed E-state index contributed by atoms with van der Waals surface area (Å²) in [7, 11) is 0. The standard InChI is InChI=1S/C15H20F2N2O2/c1-10-4-5-12(21-14(16)17)11(8-10)9-19-13(20)15(18)6-2-3-7-15/h4-5,8,14H,2-3,6-7,9,18H2,1H3,(H,19,20). The lowest BCUT2D eigenvalue weighted by atomic mass is 9.98. The molecule has 0 spiro atoms. The third-order valence-electron chi connectivity index (χ3n) is 3.82. The lowest BCUT2D eigenvalue weighted by molar-refractivity contribution is -0.126. The van der Waals surface area contributed by atoms with Gasteiger partial charge in [0.15, 0.2) is 0 Å². The van der Waals surface area contributed by atoms with Gasteiger partial charge in [-0.1, -0.05) is 30.5 Å². The molecule has 0 atom stereocenters. The summed E-state index contributed by atoms with van der Waals surface area (Å²) in [5, 5.41) is 2.73. The Morgan fingerprint density at radius 3 is 2.71 bits per heavy atom. The van der Waals surface area contributed by atoms with Gasteiger partial charge in [0.2, 0.25) is 5.91 Å². The molecule has 1 amide bonds. The zero-order chi connectivity index (χ0) is 15.5. The monoisotopic (exact) mass is 298 g/mol. The van der Waals surface area contributed by atoms with Gasteiger partial charge < -0.3 is 15.8 Å². The molecule has 0 radical (unpaired) electrons. The van der Waals surface area contributed by atoms with Crippen molar-refractivity contribution in [2.75, 3.05) is 0 Å². The van der Waals surface area contributed by atoms with E-state index >= 15 is 0 Å². The highest BCUT2D eigenvalue weighted by Crippen LogP contribution is 2.28. The highest BCUT2D eigenvalue weighted by Gasteiger charge is 2.36. The molecular weight excluding hydrogens is 278 g/mol. The second-order valence-electron chi connectivity index (χ2n) is 5.54. The van der Waals surface area contributed by atoms with Crippen LogP contribution >= 0.6 is 0 Å². The van der Waals surface area contributed by atoms with E-state index in [4.69, 9.17) is 5.73 Å². The zero-order valence-corrected chi connectivity index (χ0v) is 12.0. The molecule has 2 rings (SSSR count). The predicted molar refractivity (Wildman–Crippen MR) is 75.0 cm³/mol. The van der Waals surface area contributed by atoms with Gasteiger partial charge in [0.25, 0.3) is 0 Å². The number of alkyl halides is 2. The fourth-order valence-electron chi connectivity index (χ4n) is 2.64. The number of hydrogen-bond donors (Lipinski definition) is 2. The van der Waals surface area contributed by atoms with Gasteiger partial charge in [-0.15, -0.1) is 0 Å². The molecule has 0 heterocycles. The van der Waals surface area contributed by atoms with Crippen LogP contribution in [0.4, 0.5) is 8.78 Å². The van der Waals surface area contributed by atoms with Crippen molar-refractivity contribution in [2.45, 2.75) is 51.3 Å². The van der Waals surface area contributed by atoms with Gasteiger partial charge in [-0.05, 0) is 25.8 Å². The summed E-state index contributed by atoms with van der Waals surface area (Å²) in [6, 6.07) is 4.89. The number of hydrogen-bond acceptors (Lipinski definition) is 3. The lowest BCUT2D eigenvalue weighted by Crippen LogP contribution is -2.51. The van der Waals surface area contributed by atoms with E-state index in [9.17, 15) is 13.6 Å². The van der Waals surface area contributed by atoms with Crippen molar-refractivity contribution in [1.82, 2.24) is 5.32 Å². The Morgan fingerprint density at radius 2 is 2.10 bits per heavy atom. The molecule has 1 saturated carbocycles. The van der Waals surface area contributed by atoms with Crippen molar-refractivity contribution in [3.63, 3.8) is 0 Å². The van der Waals surface area contributed by atoms with E-state index in [1.165, 1.54) is 6.07 Å². The Bertz CT molecular complexity index is 514. The Balaban J connectivity index is 2.05. The number of aryl methyl sites for hydroxylation is 1. The summed E-state index contributed by atoms with van der Waals surface area (Å²) in [4.78, 5) is 12.1. The summed E-state index contributed by atoms with van der Waals surface area (Å²) in [6.07, 6.45) is 3.20. The van der Waals surface area contributed by atoms with E-state index in [2.05, 4.69) is 10.1 Å². The lowest BCUT2D eigenvalue weighted by Gasteiger charge is -2.22. The topological polar surface area (TPSA) is 64.3 Å². The number of carbonyl (C=O) groups excluding carboxylic acids is 1. The molecule has 1 fully saturated rings. The fourth-order valence-corrected chi connectivity index (χ4v) is 2.64. The van der Waals surface area contributed by atoms with Gasteiger partial charge >= 0.3 is 6.61 Å². The second-order valence-corrected chi connectivity index (χ2v) is 5.54. The maximum atomic E-state index is 12.4. The molecule has 0 aromatic heterocycles. The molecule has 3 N–H and O–H groups in total. The van der Waals surface area contributed by atoms with Crippen LogP contribution in [0.3, 0.4) is 0 Å². The van der Waals surface area contributed by atoms with Crippen LogP contribution in [0.2, 0.25) is 0 Å². The van der Waals surface area contributed by atoms with Crippen LogP contribution in [0.15, 0.2) is 18.2 Å². The Hall–Kier alpha value is -1.69. The molecule has 4 nitrogen and oxygen atoms in total. The number of nitrogens with two attached hydrogens (primary N) is 1. The van der Waals surface area contributed by atoms with Crippen molar-refractivity contribution in [3.05, 3.63) is 29.3 Å². The van der Waals surface area contributed by atoms with Gasteiger partial charge in [-0.25, -0.2) is 0 Å². The summed E-state index contributed by atoms with van der Waals surface area (Å²) in [5.74, 6) is -0.155. The Kier molecular flexibility index (Phi) is 4.77. The van der Waals surface area contributed by atoms with E-state index in [1.54, 1.807) is 12.1 Å². The van der Waals surface area contributed by atoms with E-state index in [1.807, 2.05) is 6.92 Å². The Morgan fingerprint density at radius 1 is 1.43 bits per heavy atom. The highest BCUT2D eigenvalue weighted by atomic mass is 19.3. The number of halogens is 2. The van der Waals surface area contributed by atoms with Gasteiger partial charge in [0.05, 0.1) is 5.54 Å². The van der Waals surface area contributed by atoms with Crippen LogP contribution in [0.5, 0.6) is 5.75 Å². The average Bonchev–Trinajstić information content (AvgIpc) is 2.86. The largest absolute Gasteiger partial charge is 0.434 e. The van der Waals surface area contributed by atoms with Crippen LogP contribution in [-0.2, 0) is 11.3 Å². The first-order chi connectivity index (χ1) is 9.90. The van der Waals surface area contributed by atoms with Crippen LogP contribution in [0.25, 0.3) is 0 Å². The number of rotatable bonds is 5. The first-order valence-electron chi connectivity index (χ1n) is 7.02. The SMILES string of the molecule is Cc1ccc(OC(F)F)c(CNC(=O)C2(N)CCCC2)c1.